The Bertz CT molecular complexity index is 460. The molecule has 4 saturated carbocycles. The van der Waals surface area contributed by atoms with E-state index in [1.807, 2.05) is 11.3 Å². The van der Waals surface area contributed by atoms with Gasteiger partial charge in [0.25, 0.3) is 0 Å². The average Bonchev–Trinajstić information content (AvgIpc) is 2.81. The lowest BCUT2D eigenvalue weighted by atomic mass is 9.48. The van der Waals surface area contributed by atoms with Crippen LogP contribution in [0.15, 0.2) is 15.9 Å². The Balaban J connectivity index is 1.55. The molecule has 1 aromatic rings. The van der Waals surface area contributed by atoms with Crippen LogP contribution in [0.3, 0.4) is 0 Å². The number of hydrogen-bond donors (Lipinski definition) is 1. The van der Waals surface area contributed by atoms with E-state index in [0.29, 0.717) is 11.5 Å². The van der Waals surface area contributed by atoms with Crippen molar-refractivity contribution in [1.82, 2.24) is 5.32 Å². The lowest BCUT2D eigenvalue weighted by Crippen LogP contribution is -2.47. The maximum Gasteiger partial charge on any atom is 0.0701 e. The van der Waals surface area contributed by atoms with E-state index >= 15 is 0 Å². The molecule has 4 fully saturated rings. The average molecular weight is 354 g/mol. The monoisotopic (exact) mass is 353 g/mol. The number of hydrogen-bond acceptors (Lipinski definition) is 2. The van der Waals surface area contributed by atoms with E-state index in [1.165, 1.54) is 34.3 Å². The zero-order valence-electron chi connectivity index (χ0n) is 12.2. The van der Waals surface area contributed by atoms with Gasteiger partial charge < -0.3 is 5.32 Å². The molecule has 1 nitrogen and oxygen atoms in total. The third kappa shape index (κ3) is 2.40. The van der Waals surface area contributed by atoms with Crippen LogP contribution in [0.1, 0.15) is 55.9 Å². The van der Waals surface area contributed by atoms with Crippen LogP contribution in [0, 0.1) is 23.2 Å². The minimum atomic E-state index is 0.558. The van der Waals surface area contributed by atoms with Crippen LogP contribution < -0.4 is 5.32 Å². The highest BCUT2D eigenvalue weighted by Gasteiger charge is 2.51. The molecule has 4 aliphatic carbocycles. The molecule has 1 aromatic heterocycles. The van der Waals surface area contributed by atoms with Crippen molar-refractivity contribution in [2.75, 3.05) is 7.05 Å². The maximum absolute atomic E-state index is 3.61. The van der Waals surface area contributed by atoms with Crippen molar-refractivity contribution in [3.63, 3.8) is 0 Å². The van der Waals surface area contributed by atoms with Gasteiger partial charge in [0.2, 0.25) is 0 Å². The second kappa shape index (κ2) is 5.10. The van der Waals surface area contributed by atoms with Gasteiger partial charge in [-0.15, -0.1) is 11.3 Å². The first kappa shape index (κ1) is 13.8. The van der Waals surface area contributed by atoms with Crippen molar-refractivity contribution >= 4 is 27.3 Å². The van der Waals surface area contributed by atoms with Crippen LogP contribution in [0.5, 0.6) is 0 Å². The van der Waals surface area contributed by atoms with Crippen LogP contribution in [0.2, 0.25) is 0 Å². The summed E-state index contributed by atoms with van der Waals surface area (Å²) in [6, 6.07) is 5.06. The van der Waals surface area contributed by atoms with Gasteiger partial charge in [-0.05, 0) is 103 Å². The molecule has 3 heteroatoms. The molecular weight excluding hydrogens is 330 g/mol. The number of halogens is 1. The lowest BCUT2D eigenvalue weighted by molar-refractivity contribution is -0.0618. The topological polar surface area (TPSA) is 12.0 Å². The summed E-state index contributed by atoms with van der Waals surface area (Å²) >= 11 is 5.52. The highest BCUT2D eigenvalue weighted by atomic mass is 79.9. The van der Waals surface area contributed by atoms with Crippen molar-refractivity contribution in [1.29, 1.82) is 0 Å². The molecule has 0 spiro atoms. The quantitative estimate of drug-likeness (QED) is 0.766. The SMILES string of the molecule is CNC(CC12CC3CC(CC(C3)C1)C2)c1ccc(Br)s1. The summed E-state index contributed by atoms with van der Waals surface area (Å²) in [4.78, 5) is 1.51. The molecule has 110 valence electrons. The Morgan fingerprint density at radius 1 is 1.20 bits per heavy atom. The smallest absolute Gasteiger partial charge is 0.0701 e. The summed E-state index contributed by atoms with van der Waals surface area (Å²) in [7, 11) is 2.14. The maximum atomic E-state index is 3.61. The van der Waals surface area contributed by atoms with E-state index < -0.39 is 0 Å². The highest BCUT2D eigenvalue weighted by Crippen LogP contribution is 2.62. The van der Waals surface area contributed by atoms with E-state index in [9.17, 15) is 0 Å². The molecule has 1 unspecified atom stereocenters. The fraction of sp³-hybridized carbons (Fsp3) is 0.765. The molecule has 0 aliphatic heterocycles. The summed E-state index contributed by atoms with van der Waals surface area (Å²) in [6.45, 7) is 0. The van der Waals surface area contributed by atoms with E-state index in [2.05, 4.69) is 40.4 Å². The van der Waals surface area contributed by atoms with Crippen LogP contribution in [0.4, 0.5) is 0 Å². The predicted octanol–water partition coefficient (Wildman–Crippen LogP) is 5.38. The second-order valence-electron chi connectivity index (χ2n) is 7.60. The van der Waals surface area contributed by atoms with Gasteiger partial charge in [0.15, 0.2) is 0 Å². The van der Waals surface area contributed by atoms with Gasteiger partial charge in [0, 0.05) is 10.9 Å². The van der Waals surface area contributed by atoms with Gasteiger partial charge >= 0.3 is 0 Å². The molecule has 1 heterocycles. The first-order valence-electron chi connectivity index (χ1n) is 8.08. The van der Waals surface area contributed by atoms with Gasteiger partial charge in [-0.2, -0.15) is 0 Å². The second-order valence-corrected chi connectivity index (χ2v) is 10.1. The molecule has 0 saturated heterocycles. The molecule has 0 amide bonds. The molecular formula is C17H24BrNS. The van der Waals surface area contributed by atoms with Gasteiger partial charge in [0.1, 0.15) is 0 Å². The Morgan fingerprint density at radius 3 is 2.25 bits per heavy atom. The fourth-order valence-electron chi connectivity index (χ4n) is 5.83. The van der Waals surface area contributed by atoms with Crippen LogP contribution in [-0.2, 0) is 0 Å². The van der Waals surface area contributed by atoms with E-state index in [4.69, 9.17) is 0 Å². The highest BCUT2D eigenvalue weighted by molar-refractivity contribution is 9.11. The predicted molar refractivity (Wildman–Crippen MR) is 89.0 cm³/mol. The Labute approximate surface area is 134 Å². The van der Waals surface area contributed by atoms with E-state index in [-0.39, 0.29) is 0 Å². The zero-order valence-corrected chi connectivity index (χ0v) is 14.6. The fourth-order valence-corrected chi connectivity index (χ4v) is 7.37. The minimum Gasteiger partial charge on any atom is -0.312 e. The third-order valence-electron chi connectivity index (χ3n) is 6.09. The molecule has 1 atom stereocenters. The molecule has 20 heavy (non-hydrogen) atoms. The van der Waals surface area contributed by atoms with Crippen molar-refractivity contribution < 1.29 is 0 Å². The van der Waals surface area contributed by atoms with Gasteiger partial charge in [-0.1, -0.05) is 0 Å². The van der Waals surface area contributed by atoms with Crippen molar-refractivity contribution in [3.8, 4) is 0 Å². The normalized spacial score (nSPS) is 40.2. The molecule has 5 rings (SSSR count). The van der Waals surface area contributed by atoms with Gasteiger partial charge in [0.05, 0.1) is 3.79 Å². The summed E-state index contributed by atoms with van der Waals surface area (Å²) in [5.41, 5.74) is 0.666. The molecule has 4 aliphatic rings. The molecule has 4 bridgehead atoms. The zero-order chi connectivity index (χ0) is 13.7. The number of thiophene rings is 1. The van der Waals surface area contributed by atoms with Crippen molar-refractivity contribution in [2.24, 2.45) is 23.2 Å². The molecule has 0 aromatic carbocycles. The number of rotatable bonds is 4. The Hall–Kier alpha value is 0.140. The van der Waals surface area contributed by atoms with Gasteiger partial charge in [-0.3, -0.25) is 0 Å². The van der Waals surface area contributed by atoms with Crippen LogP contribution in [-0.4, -0.2) is 7.05 Å². The largest absolute Gasteiger partial charge is 0.312 e. The van der Waals surface area contributed by atoms with Gasteiger partial charge in [-0.25, -0.2) is 0 Å². The summed E-state index contributed by atoms with van der Waals surface area (Å²) in [5.74, 6) is 3.19. The lowest BCUT2D eigenvalue weighted by Gasteiger charge is -2.57. The molecule has 1 N–H and O–H groups in total. The third-order valence-corrected chi connectivity index (χ3v) is 7.83. The Morgan fingerprint density at radius 2 is 1.80 bits per heavy atom. The van der Waals surface area contributed by atoms with E-state index in [1.54, 1.807) is 19.3 Å². The summed E-state index contributed by atoms with van der Waals surface area (Å²) in [5, 5.41) is 3.60. The van der Waals surface area contributed by atoms with Crippen LogP contribution >= 0.6 is 27.3 Å². The first-order chi connectivity index (χ1) is 9.66. The molecule has 0 radical (unpaired) electrons. The van der Waals surface area contributed by atoms with Crippen molar-refractivity contribution in [2.45, 2.75) is 51.0 Å². The standard InChI is InChI=1S/C17H24BrNS/c1-19-14(15-2-3-16(18)20-15)10-17-7-11-4-12(8-17)6-13(5-11)9-17/h2-3,11-14,19H,4-10H2,1H3. The Kier molecular flexibility index (Phi) is 3.51. The van der Waals surface area contributed by atoms with Crippen LogP contribution in [0.25, 0.3) is 0 Å². The summed E-state index contributed by atoms with van der Waals surface area (Å²) in [6.07, 6.45) is 10.6. The van der Waals surface area contributed by atoms with E-state index in [0.717, 1.165) is 17.8 Å². The van der Waals surface area contributed by atoms with Crippen molar-refractivity contribution in [3.05, 3.63) is 20.8 Å². The number of nitrogens with one attached hydrogen (secondary N) is 1. The summed E-state index contributed by atoms with van der Waals surface area (Å²) < 4.78 is 1.26. The first-order valence-corrected chi connectivity index (χ1v) is 9.69. The minimum absolute atomic E-state index is 0.558.